The first-order valence-corrected chi connectivity index (χ1v) is 12.2. The van der Waals surface area contributed by atoms with Gasteiger partial charge in [-0.15, -0.1) is 0 Å². The Labute approximate surface area is 211 Å². The van der Waals surface area contributed by atoms with Gasteiger partial charge < -0.3 is 28.8 Å². The van der Waals surface area contributed by atoms with Gasteiger partial charge in [0.2, 0.25) is 5.88 Å². The van der Waals surface area contributed by atoms with Gasteiger partial charge in [0.05, 0.1) is 18.6 Å². The Balaban J connectivity index is 1.37. The van der Waals surface area contributed by atoms with Gasteiger partial charge in [0.25, 0.3) is 0 Å². The Morgan fingerprint density at radius 3 is 2.80 bits per heavy atom. The number of nitrogens with zero attached hydrogens (tertiary/aromatic N) is 4. The van der Waals surface area contributed by atoms with Crippen LogP contribution in [0.2, 0.25) is 0 Å². The molecular weight excluding hydrogens is 514 g/mol. The van der Waals surface area contributed by atoms with Crippen molar-refractivity contribution in [2.75, 3.05) is 26.1 Å². The van der Waals surface area contributed by atoms with Crippen molar-refractivity contribution in [2.45, 2.75) is 44.5 Å². The molecule has 1 aliphatic rings. The summed E-state index contributed by atoms with van der Waals surface area (Å²) in [5.41, 5.74) is 1.74. The predicted molar refractivity (Wildman–Crippen MR) is 137 cm³/mol. The van der Waals surface area contributed by atoms with Crippen LogP contribution in [0.3, 0.4) is 0 Å². The number of halogens is 1. The molecule has 1 fully saturated rings. The monoisotopic (exact) mass is 541 g/mol. The van der Waals surface area contributed by atoms with E-state index in [0.717, 1.165) is 32.1 Å². The zero-order valence-corrected chi connectivity index (χ0v) is 21.7. The summed E-state index contributed by atoms with van der Waals surface area (Å²) in [6, 6.07) is 10.2. The Morgan fingerprint density at radius 2 is 2.00 bits per heavy atom. The lowest BCUT2D eigenvalue weighted by Gasteiger charge is -2.30. The van der Waals surface area contributed by atoms with Crippen molar-refractivity contribution in [3.63, 3.8) is 0 Å². The first kappa shape index (κ1) is 23.9. The smallest absolute Gasteiger partial charge is 0.225 e. The normalized spacial score (nSPS) is 20.5. The van der Waals surface area contributed by atoms with Gasteiger partial charge in [-0.3, -0.25) is 0 Å². The van der Waals surface area contributed by atoms with Crippen LogP contribution in [0.4, 0.5) is 5.69 Å². The van der Waals surface area contributed by atoms with Gasteiger partial charge in [0, 0.05) is 43.5 Å². The summed E-state index contributed by atoms with van der Waals surface area (Å²) in [6.07, 6.45) is 5.27. The van der Waals surface area contributed by atoms with Crippen LogP contribution < -0.4 is 10.1 Å². The largest absolute Gasteiger partial charge is 0.480 e. The summed E-state index contributed by atoms with van der Waals surface area (Å²) in [6.45, 7) is 4.42. The van der Waals surface area contributed by atoms with Gasteiger partial charge in [-0.05, 0) is 59.4 Å². The maximum atomic E-state index is 6.52. The molecule has 0 aliphatic carbocycles. The molecule has 5 rings (SSSR count). The maximum Gasteiger partial charge on any atom is 0.225 e. The number of ether oxygens (including phenoxy) is 4. The molecule has 0 radical (unpaired) electrons. The minimum absolute atomic E-state index is 0.0856. The molecule has 0 saturated carbocycles. The molecule has 10 heteroatoms. The van der Waals surface area contributed by atoms with Crippen molar-refractivity contribution in [2.24, 2.45) is 0 Å². The van der Waals surface area contributed by atoms with Crippen LogP contribution in [0.1, 0.15) is 26.5 Å². The van der Waals surface area contributed by atoms with E-state index in [1.807, 2.05) is 42.9 Å². The second-order valence-corrected chi connectivity index (χ2v) is 9.75. The van der Waals surface area contributed by atoms with E-state index < -0.39 is 5.79 Å². The van der Waals surface area contributed by atoms with Crippen LogP contribution in [-0.2, 0) is 14.2 Å². The number of rotatable bonds is 8. The number of aromatic nitrogens is 4. The summed E-state index contributed by atoms with van der Waals surface area (Å²) < 4.78 is 26.6. The van der Waals surface area contributed by atoms with Crippen LogP contribution in [0.25, 0.3) is 21.8 Å². The van der Waals surface area contributed by atoms with Crippen molar-refractivity contribution in [3.8, 4) is 5.88 Å². The molecule has 0 spiro atoms. The number of hydrogen-bond donors (Lipinski definition) is 1. The number of fused-ring (bicyclic) bond motifs is 2. The zero-order valence-electron chi connectivity index (χ0n) is 20.1. The van der Waals surface area contributed by atoms with Gasteiger partial charge in [0.1, 0.15) is 22.7 Å². The molecule has 3 aromatic heterocycles. The molecule has 1 N–H and O–H groups in total. The molecule has 4 heterocycles. The third-order valence-electron chi connectivity index (χ3n) is 6.23. The predicted octanol–water partition coefficient (Wildman–Crippen LogP) is 4.92. The van der Waals surface area contributed by atoms with Crippen molar-refractivity contribution >= 4 is 43.4 Å². The van der Waals surface area contributed by atoms with Crippen molar-refractivity contribution in [1.29, 1.82) is 0 Å². The molecule has 0 amide bonds. The lowest BCUT2D eigenvalue weighted by Crippen LogP contribution is -2.35. The topological polar surface area (TPSA) is 92.6 Å². The standard InChI is InChI=1S/C25H28BrN5O4/c1-25(2,33-4)35-20-11-18(13-27-17-6-5-15-10-21(26)28-12-16(15)9-17)34-24(20)31-8-7-19-22(31)29-14-30-23(19)32-3/h5-10,12,14,18,20,24,27H,11,13H2,1-4H3/t18-,20+,24+/m0/s1. The van der Waals surface area contributed by atoms with E-state index in [1.54, 1.807) is 14.2 Å². The Hall–Kier alpha value is -2.79. The van der Waals surface area contributed by atoms with Crippen LogP contribution in [0.15, 0.2) is 53.7 Å². The molecule has 0 bridgehead atoms. The van der Waals surface area contributed by atoms with Crippen LogP contribution in [-0.4, -0.2) is 58.3 Å². The second kappa shape index (κ2) is 9.69. The first-order valence-electron chi connectivity index (χ1n) is 11.4. The maximum absolute atomic E-state index is 6.52. The fourth-order valence-corrected chi connectivity index (χ4v) is 4.73. The van der Waals surface area contributed by atoms with Crippen LogP contribution in [0, 0.1) is 0 Å². The molecule has 1 aromatic carbocycles. The number of anilines is 1. The van der Waals surface area contributed by atoms with Crippen molar-refractivity contribution < 1.29 is 18.9 Å². The highest BCUT2D eigenvalue weighted by molar-refractivity contribution is 9.10. The third-order valence-corrected chi connectivity index (χ3v) is 6.67. The van der Waals surface area contributed by atoms with E-state index in [0.29, 0.717) is 18.8 Å². The van der Waals surface area contributed by atoms with Crippen LogP contribution in [0.5, 0.6) is 5.88 Å². The van der Waals surface area contributed by atoms with E-state index in [9.17, 15) is 0 Å². The van der Waals surface area contributed by atoms with Gasteiger partial charge >= 0.3 is 0 Å². The molecule has 1 saturated heterocycles. The fourth-order valence-electron chi connectivity index (χ4n) is 4.38. The summed E-state index contributed by atoms with van der Waals surface area (Å²) in [7, 11) is 3.24. The van der Waals surface area contributed by atoms with E-state index in [-0.39, 0.29) is 18.4 Å². The van der Waals surface area contributed by atoms with Crippen molar-refractivity contribution in [1.82, 2.24) is 19.5 Å². The number of nitrogens with one attached hydrogen (secondary N) is 1. The summed E-state index contributed by atoms with van der Waals surface area (Å²) >= 11 is 3.42. The van der Waals surface area contributed by atoms with Gasteiger partial charge in [-0.1, -0.05) is 6.07 Å². The fraction of sp³-hybridized carbons (Fsp3) is 0.400. The quantitative estimate of drug-likeness (QED) is 0.248. The zero-order chi connectivity index (χ0) is 24.6. The Morgan fingerprint density at radius 1 is 1.14 bits per heavy atom. The molecule has 4 aromatic rings. The average molecular weight is 542 g/mol. The molecule has 1 aliphatic heterocycles. The summed E-state index contributed by atoms with van der Waals surface area (Å²) in [4.78, 5) is 13.0. The molecule has 3 atom stereocenters. The minimum Gasteiger partial charge on any atom is -0.480 e. The average Bonchev–Trinajstić information content (AvgIpc) is 3.46. The highest BCUT2D eigenvalue weighted by Gasteiger charge is 2.41. The Kier molecular flexibility index (Phi) is 6.63. The number of hydrogen-bond acceptors (Lipinski definition) is 8. The van der Waals surface area contributed by atoms with E-state index in [1.165, 1.54) is 6.33 Å². The lowest BCUT2D eigenvalue weighted by molar-refractivity contribution is -0.237. The highest BCUT2D eigenvalue weighted by atomic mass is 79.9. The number of benzene rings is 1. The van der Waals surface area contributed by atoms with E-state index in [2.05, 4.69) is 54.4 Å². The van der Waals surface area contributed by atoms with Crippen LogP contribution >= 0.6 is 15.9 Å². The molecule has 0 unspecified atom stereocenters. The lowest BCUT2D eigenvalue weighted by atomic mass is 10.1. The van der Waals surface area contributed by atoms with Gasteiger partial charge in [-0.25, -0.2) is 15.0 Å². The van der Waals surface area contributed by atoms with E-state index >= 15 is 0 Å². The van der Waals surface area contributed by atoms with Gasteiger partial charge in [-0.2, -0.15) is 0 Å². The number of methoxy groups -OCH3 is 2. The Bertz CT molecular complexity index is 1340. The summed E-state index contributed by atoms with van der Waals surface area (Å²) in [5, 5.41) is 6.52. The first-order chi connectivity index (χ1) is 16.9. The SMILES string of the molecule is COc1ncnc2c1ccn2[C@@H]1O[C@H](CNc2ccc3cc(Br)ncc3c2)C[C@H]1OC(C)(C)OC. The summed E-state index contributed by atoms with van der Waals surface area (Å²) in [5.74, 6) is -0.235. The molecule has 184 valence electrons. The minimum atomic E-state index is -0.760. The van der Waals surface area contributed by atoms with Crippen molar-refractivity contribution in [3.05, 3.63) is 53.7 Å². The molecule has 35 heavy (non-hydrogen) atoms. The van der Waals surface area contributed by atoms with E-state index in [4.69, 9.17) is 18.9 Å². The molecule has 9 nitrogen and oxygen atoms in total. The third kappa shape index (κ3) is 4.97. The second-order valence-electron chi connectivity index (χ2n) is 8.94. The molecular formula is C25H28BrN5O4. The highest BCUT2D eigenvalue weighted by Crippen LogP contribution is 2.37. The number of pyridine rings is 1. The van der Waals surface area contributed by atoms with Gasteiger partial charge in [0.15, 0.2) is 12.0 Å².